The number of aromatic nitrogens is 2. The van der Waals surface area contributed by atoms with Gasteiger partial charge in [-0.3, -0.25) is 9.69 Å². The minimum Gasteiger partial charge on any atom is -0.481 e. The highest BCUT2D eigenvalue weighted by Crippen LogP contribution is 2.21. The van der Waals surface area contributed by atoms with Crippen LogP contribution < -0.4 is 0 Å². The van der Waals surface area contributed by atoms with Crippen molar-refractivity contribution in [2.24, 2.45) is 0 Å². The zero-order valence-electron chi connectivity index (χ0n) is 11.4. The lowest BCUT2D eigenvalue weighted by molar-refractivity contribution is -0.138. The number of fused-ring (bicyclic) bond motifs is 1. The normalized spacial score (nSPS) is 20.0. The van der Waals surface area contributed by atoms with Gasteiger partial charge in [-0.1, -0.05) is 11.6 Å². The number of hydrogen-bond acceptors (Lipinski definition) is 4. The van der Waals surface area contributed by atoms with Gasteiger partial charge in [0.05, 0.1) is 17.1 Å². The van der Waals surface area contributed by atoms with Crippen molar-refractivity contribution in [3.05, 3.63) is 35.2 Å². The molecule has 5 nitrogen and oxygen atoms in total. The number of halogens is 1. The van der Waals surface area contributed by atoms with E-state index in [1.54, 1.807) is 0 Å². The van der Waals surface area contributed by atoms with Gasteiger partial charge in [0, 0.05) is 43.0 Å². The quantitative estimate of drug-likeness (QED) is 0.935. The van der Waals surface area contributed by atoms with E-state index in [4.69, 9.17) is 16.7 Å². The van der Waals surface area contributed by atoms with Gasteiger partial charge in [0.2, 0.25) is 0 Å². The molecule has 1 aliphatic rings. The molecule has 0 aromatic carbocycles. The fraction of sp³-hybridized carbons (Fsp3) is 0.429. The summed E-state index contributed by atoms with van der Waals surface area (Å²) in [5, 5.41) is 9.70. The molecule has 112 valence electrons. The van der Waals surface area contributed by atoms with Gasteiger partial charge in [-0.2, -0.15) is 11.8 Å². The molecule has 3 heterocycles. The van der Waals surface area contributed by atoms with Gasteiger partial charge in [0.15, 0.2) is 0 Å². The van der Waals surface area contributed by atoms with Crippen LogP contribution >= 0.6 is 23.4 Å². The van der Waals surface area contributed by atoms with E-state index >= 15 is 0 Å². The molecule has 1 atom stereocenters. The molecule has 2 aromatic heterocycles. The fourth-order valence-corrected chi connectivity index (χ4v) is 3.89. The van der Waals surface area contributed by atoms with Crippen LogP contribution in [0.3, 0.4) is 0 Å². The number of aliphatic carboxylic acids is 1. The van der Waals surface area contributed by atoms with Gasteiger partial charge in [-0.25, -0.2) is 4.98 Å². The number of carboxylic acids is 1. The minimum absolute atomic E-state index is 0.0784. The highest BCUT2D eigenvalue weighted by atomic mass is 35.5. The molecular formula is C14H16ClN3O2S. The minimum atomic E-state index is -0.741. The topological polar surface area (TPSA) is 57.8 Å². The van der Waals surface area contributed by atoms with Gasteiger partial charge in [-0.15, -0.1) is 0 Å². The van der Waals surface area contributed by atoms with Crippen molar-refractivity contribution >= 4 is 35.0 Å². The maximum Gasteiger partial charge on any atom is 0.304 e. The predicted octanol–water partition coefficient (Wildman–Crippen LogP) is 2.38. The molecule has 0 spiro atoms. The molecule has 3 rings (SSSR count). The molecule has 21 heavy (non-hydrogen) atoms. The molecule has 0 radical (unpaired) electrons. The number of nitrogens with zero attached hydrogens (tertiary/aromatic N) is 3. The largest absolute Gasteiger partial charge is 0.481 e. The average molecular weight is 326 g/mol. The van der Waals surface area contributed by atoms with E-state index in [0.29, 0.717) is 11.6 Å². The number of hydrogen-bond donors (Lipinski definition) is 1. The van der Waals surface area contributed by atoms with Crippen molar-refractivity contribution in [3.63, 3.8) is 0 Å². The number of pyridine rings is 1. The second-order valence-corrected chi connectivity index (χ2v) is 6.73. The Morgan fingerprint density at radius 2 is 2.33 bits per heavy atom. The Bertz CT molecular complexity index is 661. The first-order chi connectivity index (χ1) is 10.1. The van der Waals surface area contributed by atoms with Crippen molar-refractivity contribution < 1.29 is 9.90 Å². The van der Waals surface area contributed by atoms with Crippen molar-refractivity contribution in [2.75, 3.05) is 18.1 Å². The van der Waals surface area contributed by atoms with Crippen molar-refractivity contribution in [3.8, 4) is 0 Å². The number of thioether (sulfide) groups is 1. The first-order valence-corrected chi connectivity index (χ1v) is 8.32. The predicted molar refractivity (Wildman–Crippen MR) is 84.0 cm³/mol. The molecule has 0 bridgehead atoms. The molecule has 1 N–H and O–H groups in total. The number of imidazole rings is 1. The summed E-state index contributed by atoms with van der Waals surface area (Å²) in [5.41, 5.74) is 1.80. The van der Waals surface area contributed by atoms with Crippen LogP contribution in [0.25, 0.3) is 5.65 Å². The van der Waals surface area contributed by atoms with Crippen LogP contribution in [0.5, 0.6) is 0 Å². The maximum absolute atomic E-state index is 11.0. The third-order valence-electron chi connectivity index (χ3n) is 3.59. The molecular weight excluding hydrogens is 310 g/mol. The number of rotatable bonds is 4. The monoisotopic (exact) mass is 325 g/mol. The van der Waals surface area contributed by atoms with Crippen LogP contribution in [0.4, 0.5) is 0 Å². The second-order valence-electron chi connectivity index (χ2n) is 5.14. The highest BCUT2D eigenvalue weighted by Gasteiger charge is 2.25. The van der Waals surface area contributed by atoms with E-state index < -0.39 is 5.97 Å². The Kier molecular flexibility index (Phi) is 4.37. The SMILES string of the molecule is O=C(O)CC1CSCCN1Cc1cn2cc(Cl)ccc2n1. The molecule has 1 unspecified atom stereocenters. The van der Waals surface area contributed by atoms with Crippen LogP contribution in [-0.2, 0) is 11.3 Å². The molecule has 0 amide bonds. The first kappa shape index (κ1) is 14.7. The third kappa shape index (κ3) is 3.51. The summed E-state index contributed by atoms with van der Waals surface area (Å²) < 4.78 is 1.91. The van der Waals surface area contributed by atoms with E-state index in [9.17, 15) is 4.79 Å². The van der Waals surface area contributed by atoms with Gasteiger partial charge < -0.3 is 9.51 Å². The van der Waals surface area contributed by atoms with E-state index in [-0.39, 0.29) is 12.5 Å². The summed E-state index contributed by atoms with van der Waals surface area (Å²) in [4.78, 5) is 17.8. The van der Waals surface area contributed by atoms with Crippen LogP contribution in [0, 0.1) is 0 Å². The Hall–Kier alpha value is -1.24. The summed E-state index contributed by atoms with van der Waals surface area (Å²) in [5.74, 6) is 1.16. The first-order valence-electron chi connectivity index (χ1n) is 6.78. The summed E-state index contributed by atoms with van der Waals surface area (Å²) in [6, 6.07) is 3.78. The van der Waals surface area contributed by atoms with Crippen molar-refractivity contribution in [1.29, 1.82) is 0 Å². The van der Waals surface area contributed by atoms with Crippen LogP contribution in [-0.4, -0.2) is 49.5 Å². The lowest BCUT2D eigenvalue weighted by atomic mass is 10.2. The van der Waals surface area contributed by atoms with Crippen molar-refractivity contribution in [1.82, 2.24) is 14.3 Å². The lowest BCUT2D eigenvalue weighted by Gasteiger charge is -2.33. The third-order valence-corrected chi connectivity index (χ3v) is 4.90. The Balaban J connectivity index is 1.77. The molecule has 1 saturated heterocycles. The van der Waals surface area contributed by atoms with Crippen LogP contribution in [0.2, 0.25) is 5.02 Å². The number of carboxylic acid groups (broad SMARTS) is 1. The Morgan fingerprint density at radius 1 is 1.48 bits per heavy atom. The summed E-state index contributed by atoms with van der Waals surface area (Å²) in [7, 11) is 0. The molecule has 2 aromatic rings. The molecule has 0 saturated carbocycles. The molecule has 1 aliphatic heterocycles. The van der Waals surface area contributed by atoms with Gasteiger partial charge >= 0.3 is 5.97 Å². The van der Waals surface area contributed by atoms with Gasteiger partial charge in [0.25, 0.3) is 0 Å². The lowest BCUT2D eigenvalue weighted by Crippen LogP contribution is -2.43. The van der Waals surface area contributed by atoms with E-state index in [1.165, 1.54) is 0 Å². The second kappa shape index (κ2) is 6.25. The Labute approximate surface area is 131 Å². The zero-order chi connectivity index (χ0) is 14.8. The molecule has 1 fully saturated rings. The van der Waals surface area contributed by atoms with Gasteiger partial charge in [0.1, 0.15) is 5.65 Å². The van der Waals surface area contributed by atoms with E-state index in [2.05, 4.69) is 9.88 Å². The average Bonchev–Trinajstić information content (AvgIpc) is 2.82. The van der Waals surface area contributed by atoms with Gasteiger partial charge in [-0.05, 0) is 12.1 Å². The fourth-order valence-electron chi connectivity index (χ4n) is 2.59. The van der Waals surface area contributed by atoms with E-state index in [0.717, 1.165) is 29.4 Å². The van der Waals surface area contributed by atoms with Crippen LogP contribution in [0.1, 0.15) is 12.1 Å². The maximum atomic E-state index is 11.0. The summed E-state index contributed by atoms with van der Waals surface area (Å²) in [6.45, 7) is 1.58. The van der Waals surface area contributed by atoms with Crippen molar-refractivity contribution in [2.45, 2.75) is 19.0 Å². The highest BCUT2D eigenvalue weighted by molar-refractivity contribution is 7.99. The molecule has 7 heteroatoms. The summed E-state index contributed by atoms with van der Waals surface area (Å²) >= 11 is 7.79. The summed E-state index contributed by atoms with van der Waals surface area (Å²) in [6.07, 6.45) is 3.97. The van der Waals surface area contributed by atoms with E-state index in [1.807, 2.05) is 40.7 Å². The zero-order valence-corrected chi connectivity index (χ0v) is 13.0. The Morgan fingerprint density at radius 3 is 3.14 bits per heavy atom. The number of carbonyl (C=O) groups is 1. The standard InChI is InChI=1S/C14H16ClN3O2S/c15-10-1-2-13-16-11(8-18(13)6-10)7-17-3-4-21-9-12(17)5-14(19)20/h1-2,6,8,12H,3-5,7,9H2,(H,19,20). The molecule has 0 aliphatic carbocycles. The van der Waals surface area contributed by atoms with Crippen LogP contribution in [0.15, 0.2) is 24.5 Å². The smallest absolute Gasteiger partial charge is 0.304 e.